The molecule has 0 amide bonds. The molecule has 26 heavy (non-hydrogen) atoms. The van der Waals surface area contributed by atoms with Crippen LogP contribution in [0.1, 0.15) is 12.8 Å². The average molecular weight is 440 g/mol. The maximum atomic E-state index is 13.5. The summed E-state index contributed by atoms with van der Waals surface area (Å²) >= 11 is 0. The van der Waals surface area contributed by atoms with Crippen molar-refractivity contribution in [1.82, 2.24) is 0 Å². The Morgan fingerprint density at radius 1 is 0.885 bits per heavy atom. The standard InChI is InChI=1S/C9H9F12O4P/c10-5(11)2-24-26(22,23)25-4(1-7(14,15)16)9(20,21)6(12,13)3-8(17,18)19/h4-5H,1-3H2,(H,22,23). The van der Waals surface area contributed by atoms with Crippen molar-refractivity contribution in [2.24, 2.45) is 0 Å². The largest absolute Gasteiger partial charge is 0.472 e. The summed E-state index contributed by atoms with van der Waals surface area (Å²) in [6.45, 7) is -2.02. The Balaban J connectivity index is 5.69. The van der Waals surface area contributed by atoms with Gasteiger partial charge in [-0.1, -0.05) is 0 Å². The minimum Gasteiger partial charge on any atom is -0.302 e. The summed E-state index contributed by atoms with van der Waals surface area (Å²) in [4.78, 5) is 8.80. The second-order valence-corrected chi connectivity index (χ2v) is 6.09. The van der Waals surface area contributed by atoms with E-state index in [9.17, 15) is 57.3 Å². The van der Waals surface area contributed by atoms with Crippen LogP contribution in [0, 0.1) is 0 Å². The molecule has 4 nitrogen and oxygen atoms in total. The Morgan fingerprint density at radius 2 is 1.35 bits per heavy atom. The third kappa shape index (κ3) is 8.77. The third-order valence-corrected chi connectivity index (χ3v) is 3.35. The molecule has 0 spiro atoms. The molecule has 0 aliphatic rings. The molecule has 17 heteroatoms. The Hall–Kier alpha value is -0.730. The van der Waals surface area contributed by atoms with Crippen molar-refractivity contribution in [3.8, 4) is 0 Å². The normalized spacial score (nSPS) is 18.1. The number of hydrogen-bond donors (Lipinski definition) is 1. The zero-order valence-electron chi connectivity index (χ0n) is 11.9. The highest BCUT2D eigenvalue weighted by molar-refractivity contribution is 7.47. The molecule has 0 aromatic rings. The maximum absolute atomic E-state index is 13.5. The van der Waals surface area contributed by atoms with E-state index in [0.29, 0.717) is 0 Å². The van der Waals surface area contributed by atoms with Crippen molar-refractivity contribution in [2.45, 2.75) is 49.6 Å². The van der Waals surface area contributed by atoms with Crippen molar-refractivity contribution >= 4 is 7.82 Å². The monoisotopic (exact) mass is 440 g/mol. The molecule has 0 heterocycles. The SMILES string of the molecule is O=P(O)(OCC(F)F)OC(CC(F)(F)F)C(F)(F)C(F)(F)CC(F)(F)F. The van der Waals surface area contributed by atoms with Gasteiger partial charge in [-0.05, 0) is 0 Å². The van der Waals surface area contributed by atoms with Gasteiger partial charge < -0.3 is 4.89 Å². The topological polar surface area (TPSA) is 55.8 Å². The van der Waals surface area contributed by atoms with Gasteiger partial charge in [-0.3, -0.25) is 9.05 Å². The summed E-state index contributed by atoms with van der Waals surface area (Å²) in [5.74, 6) is -12.5. The Kier molecular flexibility index (Phi) is 7.88. The number of hydrogen-bond acceptors (Lipinski definition) is 3. The second-order valence-electron chi connectivity index (χ2n) is 4.69. The summed E-state index contributed by atoms with van der Waals surface area (Å²) in [7, 11) is -6.18. The van der Waals surface area contributed by atoms with Crippen LogP contribution in [0.4, 0.5) is 52.7 Å². The molecule has 0 saturated carbocycles. The summed E-state index contributed by atoms with van der Waals surface area (Å²) in [6, 6.07) is 0. The highest BCUT2D eigenvalue weighted by Crippen LogP contribution is 2.53. The van der Waals surface area contributed by atoms with Crippen molar-refractivity contribution in [1.29, 1.82) is 0 Å². The number of phosphoric acid groups is 1. The van der Waals surface area contributed by atoms with Gasteiger partial charge in [-0.2, -0.15) is 43.9 Å². The fraction of sp³-hybridized carbons (Fsp3) is 1.00. The van der Waals surface area contributed by atoms with Crippen LogP contribution in [0.5, 0.6) is 0 Å². The molecular weight excluding hydrogens is 431 g/mol. The third-order valence-electron chi connectivity index (χ3n) is 2.36. The Morgan fingerprint density at radius 3 is 1.69 bits per heavy atom. The van der Waals surface area contributed by atoms with E-state index >= 15 is 0 Å². The fourth-order valence-corrected chi connectivity index (χ4v) is 2.28. The number of halogens is 12. The quantitative estimate of drug-likeness (QED) is 0.408. The van der Waals surface area contributed by atoms with Gasteiger partial charge in [0.1, 0.15) is 19.1 Å². The molecule has 0 aromatic carbocycles. The molecule has 2 unspecified atom stereocenters. The molecule has 2 atom stereocenters. The second kappa shape index (κ2) is 8.10. The van der Waals surface area contributed by atoms with Gasteiger partial charge >= 0.3 is 32.0 Å². The van der Waals surface area contributed by atoms with Gasteiger partial charge in [-0.25, -0.2) is 13.3 Å². The Labute approximate surface area is 136 Å². The first-order chi connectivity index (χ1) is 11.2. The predicted molar refractivity (Wildman–Crippen MR) is 57.9 cm³/mol. The molecule has 0 aromatic heterocycles. The number of alkyl halides is 12. The zero-order valence-corrected chi connectivity index (χ0v) is 12.8. The lowest BCUT2D eigenvalue weighted by molar-refractivity contribution is -0.298. The molecule has 0 saturated heterocycles. The van der Waals surface area contributed by atoms with Gasteiger partial charge in [-0.15, -0.1) is 0 Å². The number of rotatable bonds is 9. The van der Waals surface area contributed by atoms with E-state index < -0.39 is 64.0 Å². The number of phosphoric ester groups is 1. The summed E-state index contributed by atoms with van der Waals surface area (Å²) < 4.78 is 167. The van der Waals surface area contributed by atoms with E-state index in [-0.39, 0.29) is 0 Å². The summed E-state index contributed by atoms with van der Waals surface area (Å²) in [5.41, 5.74) is 0. The van der Waals surface area contributed by atoms with E-state index in [1.165, 1.54) is 0 Å². The van der Waals surface area contributed by atoms with Crippen molar-refractivity contribution in [3.05, 3.63) is 0 Å². The maximum Gasteiger partial charge on any atom is 0.472 e. The molecule has 1 N–H and O–H groups in total. The smallest absolute Gasteiger partial charge is 0.302 e. The molecule has 0 aliphatic carbocycles. The summed E-state index contributed by atoms with van der Waals surface area (Å²) in [5, 5.41) is 0. The zero-order chi connectivity index (χ0) is 21.2. The van der Waals surface area contributed by atoms with Crippen LogP contribution in [-0.4, -0.2) is 48.2 Å². The van der Waals surface area contributed by atoms with Gasteiger partial charge in [0, 0.05) is 0 Å². The van der Waals surface area contributed by atoms with E-state index in [1.54, 1.807) is 0 Å². The van der Waals surface area contributed by atoms with Gasteiger partial charge in [0.2, 0.25) is 0 Å². The first-order valence-electron chi connectivity index (χ1n) is 6.01. The average Bonchev–Trinajstić information content (AvgIpc) is 2.30. The van der Waals surface area contributed by atoms with Crippen molar-refractivity contribution < 1.29 is 71.2 Å². The highest BCUT2D eigenvalue weighted by Gasteiger charge is 2.67. The van der Waals surface area contributed by atoms with E-state index in [2.05, 4.69) is 9.05 Å². The van der Waals surface area contributed by atoms with Gasteiger partial charge in [0.15, 0.2) is 0 Å². The van der Waals surface area contributed by atoms with Crippen LogP contribution in [0.3, 0.4) is 0 Å². The minimum absolute atomic E-state index is 2.02. The Bertz CT molecular complexity index is 502. The lowest BCUT2D eigenvalue weighted by Crippen LogP contribution is -2.53. The molecule has 0 fully saturated rings. The van der Waals surface area contributed by atoms with Crippen LogP contribution in [0.15, 0.2) is 0 Å². The van der Waals surface area contributed by atoms with Crippen LogP contribution in [-0.2, 0) is 13.6 Å². The van der Waals surface area contributed by atoms with E-state index in [1.807, 2.05) is 0 Å². The molecular formula is C9H9F12O4P. The van der Waals surface area contributed by atoms with Crippen molar-refractivity contribution in [3.63, 3.8) is 0 Å². The van der Waals surface area contributed by atoms with Gasteiger partial charge in [0.05, 0.1) is 6.42 Å². The van der Waals surface area contributed by atoms with Crippen molar-refractivity contribution in [2.75, 3.05) is 6.61 Å². The first-order valence-corrected chi connectivity index (χ1v) is 7.51. The van der Waals surface area contributed by atoms with Gasteiger partial charge in [0.25, 0.3) is 6.43 Å². The molecule has 0 bridgehead atoms. The first kappa shape index (κ1) is 25.3. The van der Waals surface area contributed by atoms with E-state index in [0.717, 1.165) is 0 Å². The molecule has 0 aliphatic heterocycles. The van der Waals surface area contributed by atoms with E-state index in [4.69, 9.17) is 4.89 Å². The highest BCUT2D eigenvalue weighted by atomic mass is 31.2. The van der Waals surface area contributed by atoms with Crippen LogP contribution < -0.4 is 0 Å². The molecule has 0 rings (SSSR count). The lowest BCUT2D eigenvalue weighted by atomic mass is 10.00. The minimum atomic E-state index is -6.27. The van der Waals surface area contributed by atoms with Crippen LogP contribution in [0.2, 0.25) is 0 Å². The predicted octanol–water partition coefficient (Wildman–Crippen LogP) is 4.93. The molecule has 0 radical (unpaired) electrons. The molecule has 158 valence electrons. The summed E-state index contributed by atoms with van der Waals surface area (Å²) in [6.07, 6.45) is -26.3. The fourth-order valence-electron chi connectivity index (χ4n) is 1.39. The lowest BCUT2D eigenvalue weighted by Gasteiger charge is -2.34. The van der Waals surface area contributed by atoms with Crippen LogP contribution >= 0.6 is 7.82 Å². The van der Waals surface area contributed by atoms with Crippen LogP contribution in [0.25, 0.3) is 0 Å².